The van der Waals surface area contributed by atoms with Gasteiger partial charge < -0.3 is 4.74 Å². The van der Waals surface area contributed by atoms with Crippen molar-refractivity contribution in [2.75, 3.05) is 7.11 Å². The highest BCUT2D eigenvalue weighted by Gasteiger charge is 1.99. The van der Waals surface area contributed by atoms with Crippen molar-refractivity contribution in [3.8, 4) is 11.8 Å². The normalized spacial score (nSPS) is 11.6. The molecule has 0 aliphatic carbocycles. The Balaban J connectivity index is 2.61. The van der Waals surface area contributed by atoms with Gasteiger partial charge in [-0.05, 0) is 24.5 Å². The molecule has 0 saturated heterocycles. The zero-order valence-electron chi connectivity index (χ0n) is 8.66. The van der Waals surface area contributed by atoms with Gasteiger partial charge in [0.25, 0.3) is 0 Å². The lowest BCUT2D eigenvalue weighted by Gasteiger charge is -2.04. The molecule has 1 heterocycles. The maximum atomic E-state index is 5.21. The highest BCUT2D eigenvalue weighted by Crippen LogP contribution is 1.99. The van der Waals surface area contributed by atoms with E-state index >= 15 is 0 Å². The Morgan fingerprint density at radius 1 is 1.50 bits per heavy atom. The molecule has 1 aromatic rings. The zero-order valence-corrected chi connectivity index (χ0v) is 8.66. The minimum Gasteiger partial charge on any atom is -0.369 e. The number of aromatic nitrogens is 1. The van der Waals surface area contributed by atoms with Crippen molar-refractivity contribution in [1.29, 1.82) is 0 Å². The van der Waals surface area contributed by atoms with Crippen molar-refractivity contribution in [3.05, 3.63) is 30.1 Å². The molecular weight excluding hydrogens is 174 g/mol. The molecule has 0 fully saturated rings. The molecule has 2 nitrogen and oxygen atoms in total. The smallest absolute Gasteiger partial charge is 0.118 e. The number of pyridine rings is 1. The summed E-state index contributed by atoms with van der Waals surface area (Å²) in [4.78, 5) is 4.12. The van der Waals surface area contributed by atoms with Gasteiger partial charge in [0.05, 0.1) is 0 Å². The molecule has 1 rings (SSSR count). The van der Waals surface area contributed by atoms with E-state index in [4.69, 9.17) is 4.74 Å². The summed E-state index contributed by atoms with van der Waals surface area (Å²) in [5.74, 6) is 6.05. The number of ether oxygens (including phenoxy) is 1. The van der Waals surface area contributed by atoms with Crippen LogP contribution in [0.25, 0.3) is 0 Å². The molecule has 0 N–H and O–H groups in total. The van der Waals surface area contributed by atoms with Gasteiger partial charge in [0.1, 0.15) is 11.8 Å². The van der Waals surface area contributed by atoms with Crippen molar-refractivity contribution < 1.29 is 4.74 Å². The lowest BCUT2D eigenvalue weighted by Crippen LogP contribution is -2.06. The zero-order chi connectivity index (χ0) is 10.2. The lowest BCUT2D eigenvalue weighted by atomic mass is 10.2. The molecule has 2 heteroatoms. The molecule has 1 aromatic heterocycles. The number of nitrogens with zero attached hydrogens (tertiary/aromatic N) is 1. The SMILES string of the molecule is CCC[C@H](C#Cc1ccccn1)OC. The Bertz CT molecular complexity index is 310. The van der Waals surface area contributed by atoms with Crippen LogP contribution in [0.3, 0.4) is 0 Å². The third-order valence-electron chi connectivity index (χ3n) is 1.86. The fraction of sp³-hybridized carbons (Fsp3) is 0.417. The summed E-state index contributed by atoms with van der Waals surface area (Å²) in [6.45, 7) is 2.12. The molecule has 0 spiro atoms. The molecule has 0 unspecified atom stereocenters. The number of hydrogen-bond donors (Lipinski definition) is 0. The van der Waals surface area contributed by atoms with E-state index in [-0.39, 0.29) is 6.10 Å². The van der Waals surface area contributed by atoms with Gasteiger partial charge in [0, 0.05) is 13.3 Å². The van der Waals surface area contributed by atoms with Crippen molar-refractivity contribution in [3.63, 3.8) is 0 Å². The van der Waals surface area contributed by atoms with Gasteiger partial charge in [-0.2, -0.15) is 0 Å². The lowest BCUT2D eigenvalue weighted by molar-refractivity contribution is 0.140. The second kappa shape index (κ2) is 6.17. The first-order valence-electron chi connectivity index (χ1n) is 4.82. The van der Waals surface area contributed by atoms with Gasteiger partial charge in [0.15, 0.2) is 0 Å². The topological polar surface area (TPSA) is 22.1 Å². The first-order valence-corrected chi connectivity index (χ1v) is 4.82. The van der Waals surface area contributed by atoms with Gasteiger partial charge in [-0.3, -0.25) is 0 Å². The molecule has 0 aromatic carbocycles. The van der Waals surface area contributed by atoms with Crippen molar-refractivity contribution in [2.45, 2.75) is 25.9 Å². The second-order valence-corrected chi connectivity index (χ2v) is 3.00. The largest absolute Gasteiger partial charge is 0.369 e. The Morgan fingerprint density at radius 2 is 2.36 bits per heavy atom. The Morgan fingerprint density at radius 3 is 2.93 bits per heavy atom. The van der Waals surface area contributed by atoms with E-state index in [0.29, 0.717) is 0 Å². The number of hydrogen-bond acceptors (Lipinski definition) is 2. The summed E-state index contributed by atoms with van der Waals surface area (Å²) in [5.41, 5.74) is 0.797. The Labute approximate surface area is 85.3 Å². The van der Waals surface area contributed by atoms with Crippen molar-refractivity contribution in [1.82, 2.24) is 4.98 Å². The van der Waals surface area contributed by atoms with Crippen LogP contribution in [0.1, 0.15) is 25.5 Å². The molecule has 0 radical (unpaired) electrons. The molecule has 0 saturated carbocycles. The predicted octanol–water partition coefficient (Wildman–Crippen LogP) is 2.25. The summed E-state index contributed by atoms with van der Waals surface area (Å²) in [7, 11) is 1.69. The van der Waals surface area contributed by atoms with E-state index in [9.17, 15) is 0 Å². The highest BCUT2D eigenvalue weighted by atomic mass is 16.5. The van der Waals surface area contributed by atoms with E-state index in [1.54, 1.807) is 13.3 Å². The predicted molar refractivity (Wildman–Crippen MR) is 56.8 cm³/mol. The summed E-state index contributed by atoms with van der Waals surface area (Å²) >= 11 is 0. The van der Waals surface area contributed by atoms with Gasteiger partial charge in [-0.15, -0.1) is 0 Å². The number of rotatable bonds is 3. The third kappa shape index (κ3) is 3.59. The van der Waals surface area contributed by atoms with E-state index in [1.807, 2.05) is 18.2 Å². The Hall–Kier alpha value is -1.33. The van der Waals surface area contributed by atoms with Gasteiger partial charge >= 0.3 is 0 Å². The summed E-state index contributed by atoms with van der Waals surface area (Å²) in [5, 5.41) is 0. The molecule has 0 aliphatic heterocycles. The fourth-order valence-corrected chi connectivity index (χ4v) is 1.10. The quantitative estimate of drug-likeness (QED) is 0.680. The maximum Gasteiger partial charge on any atom is 0.118 e. The molecular formula is C12H15NO. The van der Waals surface area contributed by atoms with Crippen LogP contribution < -0.4 is 0 Å². The van der Waals surface area contributed by atoms with Crippen molar-refractivity contribution >= 4 is 0 Å². The minimum absolute atomic E-state index is 0.0296. The van der Waals surface area contributed by atoms with Crippen LogP contribution in [-0.4, -0.2) is 18.2 Å². The molecule has 0 bridgehead atoms. The average molecular weight is 189 g/mol. The third-order valence-corrected chi connectivity index (χ3v) is 1.86. The second-order valence-electron chi connectivity index (χ2n) is 3.00. The van der Waals surface area contributed by atoms with Crippen LogP contribution in [0.4, 0.5) is 0 Å². The van der Waals surface area contributed by atoms with E-state index in [2.05, 4.69) is 23.7 Å². The molecule has 1 atom stereocenters. The monoisotopic (exact) mass is 189 g/mol. The van der Waals surface area contributed by atoms with Gasteiger partial charge in [-0.25, -0.2) is 4.98 Å². The van der Waals surface area contributed by atoms with E-state index in [0.717, 1.165) is 18.5 Å². The average Bonchev–Trinajstić information content (AvgIpc) is 2.25. The fourth-order valence-electron chi connectivity index (χ4n) is 1.10. The first kappa shape index (κ1) is 10.7. The van der Waals surface area contributed by atoms with E-state index in [1.165, 1.54) is 0 Å². The maximum absolute atomic E-state index is 5.21. The summed E-state index contributed by atoms with van der Waals surface area (Å²) in [6.07, 6.45) is 3.82. The highest BCUT2D eigenvalue weighted by molar-refractivity contribution is 5.27. The van der Waals surface area contributed by atoms with Crippen LogP contribution >= 0.6 is 0 Å². The molecule has 14 heavy (non-hydrogen) atoms. The standard InChI is InChI=1S/C12H15NO/c1-3-6-12(14-2)9-8-11-7-4-5-10-13-11/h4-5,7,10,12H,3,6H2,1-2H3/t12-/m1/s1. The van der Waals surface area contributed by atoms with Crippen LogP contribution in [0.15, 0.2) is 24.4 Å². The minimum atomic E-state index is 0.0296. The molecule has 0 aliphatic rings. The van der Waals surface area contributed by atoms with Gasteiger partial charge in [0.2, 0.25) is 0 Å². The van der Waals surface area contributed by atoms with Crippen LogP contribution in [-0.2, 0) is 4.74 Å². The number of methoxy groups -OCH3 is 1. The Kier molecular flexibility index (Phi) is 4.74. The molecule has 74 valence electrons. The van der Waals surface area contributed by atoms with Crippen LogP contribution in [0.5, 0.6) is 0 Å². The molecule has 0 amide bonds. The summed E-state index contributed by atoms with van der Waals surface area (Å²) < 4.78 is 5.21. The van der Waals surface area contributed by atoms with Crippen LogP contribution in [0.2, 0.25) is 0 Å². The van der Waals surface area contributed by atoms with E-state index < -0.39 is 0 Å². The van der Waals surface area contributed by atoms with Gasteiger partial charge in [-0.1, -0.05) is 25.3 Å². The van der Waals surface area contributed by atoms with Crippen molar-refractivity contribution in [2.24, 2.45) is 0 Å². The van der Waals surface area contributed by atoms with Crippen LogP contribution in [0, 0.1) is 11.8 Å². The first-order chi connectivity index (χ1) is 6.86. The summed E-state index contributed by atoms with van der Waals surface area (Å²) in [6, 6.07) is 5.70.